The molecule has 1 aromatic rings. The van der Waals surface area contributed by atoms with Crippen LogP contribution in [0.15, 0.2) is 18.3 Å². The van der Waals surface area contributed by atoms with Crippen LogP contribution in [0.25, 0.3) is 0 Å². The molecule has 2 rings (SSSR count). The number of nitrogens with zero attached hydrogens (tertiary/aromatic N) is 2. The van der Waals surface area contributed by atoms with Gasteiger partial charge in [0, 0.05) is 24.8 Å². The minimum Gasteiger partial charge on any atom is -0.369 e. The number of rotatable bonds is 5. The van der Waals surface area contributed by atoms with Gasteiger partial charge in [-0.25, -0.2) is 4.98 Å². The molecular formula is C16H26N4O. The number of primary amides is 1. The molecule has 0 spiro atoms. The Morgan fingerprint density at radius 2 is 2.33 bits per heavy atom. The molecule has 0 aromatic carbocycles. The lowest BCUT2D eigenvalue weighted by atomic mass is 9.93. The van der Waals surface area contributed by atoms with Gasteiger partial charge in [0.2, 0.25) is 5.91 Å². The third-order valence-electron chi connectivity index (χ3n) is 4.36. The average molecular weight is 290 g/mol. The van der Waals surface area contributed by atoms with Gasteiger partial charge < -0.3 is 16.0 Å². The molecule has 0 bridgehead atoms. The molecule has 3 unspecified atom stereocenters. The van der Waals surface area contributed by atoms with Gasteiger partial charge in [0.1, 0.15) is 5.82 Å². The van der Waals surface area contributed by atoms with Crippen molar-refractivity contribution in [2.24, 2.45) is 11.7 Å². The van der Waals surface area contributed by atoms with Crippen molar-refractivity contribution >= 4 is 11.7 Å². The lowest BCUT2D eigenvalue weighted by molar-refractivity contribution is -0.122. The van der Waals surface area contributed by atoms with Gasteiger partial charge in [0.25, 0.3) is 0 Å². The second-order valence-electron chi connectivity index (χ2n) is 5.90. The molecule has 1 fully saturated rings. The summed E-state index contributed by atoms with van der Waals surface area (Å²) in [7, 11) is 0. The van der Waals surface area contributed by atoms with Crippen molar-refractivity contribution in [1.29, 1.82) is 0 Å². The summed E-state index contributed by atoms with van der Waals surface area (Å²) in [5.74, 6) is 0.664. The molecule has 0 saturated carbocycles. The van der Waals surface area contributed by atoms with Crippen molar-refractivity contribution in [3.63, 3.8) is 0 Å². The van der Waals surface area contributed by atoms with E-state index in [1.165, 1.54) is 5.56 Å². The van der Waals surface area contributed by atoms with Crippen LogP contribution in [0.4, 0.5) is 5.82 Å². The first kappa shape index (κ1) is 15.8. The number of hydrogen-bond donors (Lipinski definition) is 2. The lowest BCUT2D eigenvalue weighted by Gasteiger charge is -2.38. The first-order valence-corrected chi connectivity index (χ1v) is 7.78. The minimum atomic E-state index is -0.205. The van der Waals surface area contributed by atoms with Crippen LogP contribution in [-0.4, -0.2) is 30.0 Å². The molecule has 21 heavy (non-hydrogen) atoms. The highest BCUT2D eigenvalue weighted by molar-refractivity contribution is 5.77. The smallest absolute Gasteiger partial charge is 0.222 e. The Morgan fingerprint density at radius 3 is 3.00 bits per heavy atom. The number of pyridine rings is 1. The quantitative estimate of drug-likeness (QED) is 0.868. The topological polar surface area (TPSA) is 71.2 Å². The van der Waals surface area contributed by atoms with E-state index in [4.69, 9.17) is 5.73 Å². The molecule has 1 aliphatic heterocycles. The average Bonchev–Trinajstić information content (AvgIpc) is 2.48. The largest absolute Gasteiger partial charge is 0.369 e. The van der Waals surface area contributed by atoms with E-state index in [-0.39, 0.29) is 11.8 Å². The summed E-state index contributed by atoms with van der Waals surface area (Å²) < 4.78 is 0. The Kier molecular flexibility index (Phi) is 5.17. The standard InChI is InChI=1S/C16H26N4O/c1-4-18-12(3)13-7-8-19-15(9-13)20-10-14(16(17)21)6-5-11(20)2/h7-9,11-12,14,18H,4-6,10H2,1-3H3,(H2,17,21). The van der Waals surface area contributed by atoms with Gasteiger partial charge in [-0.05, 0) is 50.9 Å². The molecule has 1 aliphatic rings. The van der Waals surface area contributed by atoms with Crippen LogP contribution in [0.3, 0.4) is 0 Å². The number of carbonyl (C=O) groups excluding carboxylic acids is 1. The fraction of sp³-hybridized carbons (Fsp3) is 0.625. The molecular weight excluding hydrogens is 264 g/mol. The third-order valence-corrected chi connectivity index (χ3v) is 4.36. The van der Waals surface area contributed by atoms with Crippen LogP contribution in [-0.2, 0) is 4.79 Å². The summed E-state index contributed by atoms with van der Waals surface area (Å²) in [5.41, 5.74) is 6.69. The number of nitrogens with one attached hydrogen (secondary N) is 1. The van der Waals surface area contributed by atoms with Crippen molar-refractivity contribution in [2.75, 3.05) is 18.0 Å². The minimum absolute atomic E-state index is 0.0714. The van der Waals surface area contributed by atoms with Gasteiger partial charge in [0.15, 0.2) is 0 Å². The molecule has 3 atom stereocenters. The summed E-state index contributed by atoms with van der Waals surface area (Å²) in [6.45, 7) is 8.03. The highest BCUT2D eigenvalue weighted by Crippen LogP contribution is 2.27. The summed E-state index contributed by atoms with van der Waals surface area (Å²) >= 11 is 0. The van der Waals surface area contributed by atoms with Crippen molar-refractivity contribution in [2.45, 2.75) is 45.7 Å². The normalized spacial score (nSPS) is 23.9. The monoisotopic (exact) mass is 290 g/mol. The summed E-state index contributed by atoms with van der Waals surface area (Å²) in [6, 6.07) is 4.84. The maximum Gasteiger partial charge on any atom is 0.222 e. The Morgan fingerprint density at radius 1 is 1.57 bits per heavy atom. The summed E-state index contributed by atoms with van der Waals surface area (Å²) in [4.78, 5) is 18.2. The van der Waals surface area contributed by atoms with Crippen LogP contribution >= 0.6 is 0 Å². The Bertz CT molecular complexity index is 491. The van der Waals surface area contributed by atoms with E-state index in [1.807, 2.05) is 12.3 Å². The van der Waals surface area contributed by atoms with Crippen molar-refractivity contribution < 1.29 is 4.79 Å². The predicted octanol–water partition coefficient (Wildman–Crippen LogP) is 1.84. The highest BCUT2D eigenvalue weighted by atomic mass is 16.1. The van der Waals surface area contributed by atoms with E-state index in [0.29, 0.717) is 18.6 Å². The van der Waals surface area contributed by atoms with Crippen molar-refractivity contribution in [1.82, 2.24) is 10.3 Å². The zero-order chi connectivity index (χ0) is 15.4. The lowest BCUT2D eigenvalue weighted by Crippen LogP contribution is -2.46. The van der Waals surface area contributed by atoms with Gasteiger partial charge in [0.05, 0.1) is 5.92 Å². The van der Waals surface area contributed by atoms with Gasteiger partial charge >= 0.3 is 0 Å². The van der Waals surface area contributed by atoms with Crippen LogP contribution in [0.2, 0.25) is 0 Å². The van der Waals surface area contributed by atoms with Gasteiger partial charge in [-0.2, -0.15) is 0 Å². The van der Waals surface area contributed by atoms with Crippen molar-refractivity contribution in [3.8, 4) is 0 Å². The third kappa shape index (κ3) is 3.73. The molecule has 5 heteroatoms. The number of carbonyl (C=O) groups is 1. The molecule has 0 aliphatic carbocycles. The highest BCUT2D eigenvalue weighted by Gasteiger charge is 2.29. The maximum atomic E-state index is 11.5. The first-order valence-electron chi connectivity index (χ1n) is 7.78. The Hall–Kier alpha value is -1.62. The van der Waals surface area contributed by atoms with Gasteiger partial charge in [-0.15, -0.1) is 0 Å². The Balaban J connectivity index is 2.19. The molecule has 5 nitrogen and oxygen atoms in total. The van der Waals surface area contributed by atoms with Crippen molar-refractivity contribution in [3.05, 3.63) is 23.9 Å². The number of amides is 1. The SMILES string of the molecule is CCNC(C)c1ccnc(N2CC(C(N)=O)CCC2C)c1. The molecule has 1 aromatic heterocycles. The first-order chi connectivity index (χ1) is 10.0. The number of hydrogen-bond acceptors (Lipinski definition) is 4. The van der Waals surface area contributed by atoms with E-state index in [2.05, 4.69) is 42.0 Å². The predicted molar refractivity (Wildman–Crippen MR) is 85.1 cm³/mol. The number of aromatic nitrogens is 1. The zero-order valence-corrected chi connectivity index (χ0v) is 13.2. The van der Waals surface area contributed by atoms with Crippen LogP contribution in [0.1, 0.15) is 45.2 Å². The maximum absolute atomic E-state index is 11.5. The van der Waals surface area contributed by atoms with Crippen LogP contribution in [0.5, 0.6) is 0 Å². The van der Waals surface area contributed by atoms with E-state index in [1.54, 1.807) is 0 Å². The van der Waals surface area contributed by atoms with E-state index in [0.717, 1.165) is 25.2 Å². The zero-order valence-electron chi connectivity index (χ0n) is 13.2. The number of anilines is 1. The second kappa shape index (κ2) is 6.89. The summed E-state index contributed by atoms with van der Waals surface area (Å²) in [6.07, 6.45) is 3.70. The molecule has 1 saturated heterocycles. The van der Waals surface area contributed by atoms with E-state index < -0.39 is 0 Å². The molecule has 116 valence electrons. The van der Waals surface area contributed by atoms with Crippen LogP contribution < -0.4 is 16.0 Å². The summed E-state index contributed by atoms with van der Waals surface area (Å²) in [5, 5.41) is 3.41. The molecule has 1 amide bonds. The van der Waals surface area contributed by atoms with Crippen LogP contribution in [0, 0.1) is 5.92 Å². The van der Waals surface area contributed by atoms with Gasteiger partial charge in [-0.3, -0.25) is 4.79 Å². The van der Waals surface area contributed by atoms with E-state index in [9.17, 15) is 4.79 Å². The fourth-order valence-corrected chi connectivity index (χ4v) is 2.94. The molecule has 2 heterocycles. The molecule has 3 N–H and O–H groups in total. The molecule has 0 radical (unpaired) electrons. The second-order valence-corrected chi connectivity index (χ2v) is 5.90. The number of nitrogens with two attached hydrogens (primary N) is 1. The fourth-order valence-electron chi connectivity index (χ4n) is 2.94. The van der Waals surface area contributed by atoms with E-state index >= 15 is 0 Å². The Labute approximate surface area is 126 Å². The number of piperidine rings is 1. The van der Waals surface area contributed by atoms with Gasteiger partial charge in [-0.1, -0.05) is 6.92 Å².